The van der Waals surface area contributed by atoms with Crippen LogP contribution in [0.3, 0.4) is 0 Å². The van der Waals surface area contributed by atoms with E-state index in [-0.39, 0.29) is 41.6 Å². The maximum absolute atomic E-state index is 13.0. The summed E-state index contributed by atoms with van der Waals surface area (Å²) in [6, 6.07) is 0. The van der Waals surface area contributed by atoms with Gasteiger partial charge in [-0.1, -0.05) is 12.2 Å². The summed E-state index contributed by atoms with van der Waals surface area (Å²) >= 11 is 0. The predicted octanol–water partition coefficient (Wildman–Crippen LogP) is 0.898. The van der Waals surface area contributed by atoms with Crippen LogP contribution in [0.1, 0.15) is 13.3 Å². The Morgan fingerprint density at radius 2 is 1.58 bits per heavy atom. The second-order valence-corrected chi connectivity index (χ2v) is 6.53. The Labute approximate surface area is 141 Å². The number of rotatable bonds is 3. The number of hydrogen-bond acceptors (Lipinski definition) is 5. The van der Waals surface area contributed by atoms with Crippen LogP contribution >= 0.6 is 0 Å². The Morgan fingerprint density at radius 3 is 2.17 bits per heavy atom. The third kappa shape index (κ3) is 2.87. The van der Waals surface area contributed by atoms with Gasteiger partial charge in [0.05, 0.1) is 25.6 Å². The molecule has 3 aliphatic rings. The Kier molecular flexibility index (Phi) is 4.78. The van der Waals surface area contributed by atoms with E-state index in [0.717, 1.165) is 6.42 Å². The fraction of sp³-hybridized carbons (Fsp3) is 0.706. The topological polar surface area (TPSA) is 76.2 Å². The fourth-order valence-electron chi connectivity index (χ4n) is 4.15. The lowest BCUT2D eigenvalue weighted by Crippen LogP contribution is -2.53. The minimum Gasteiger partial charge on any atom is -0.469 e. The molecule has 0 N–H and O–H groups in total. The van der Waals surface area contributed by atoms with Gasteiger partial charge in [0, 0.05) is 26.2 Å². The van der Waals surface area contributed by atoms with Crippen LogP contribution in [-0.2, 0) is 19.1 Å². The zero-order chi connectivity index (χ0) is 17.3. The summed E-state index contributed by atoms with van der Waals surface area (Å²) in [4.78, 5) is 40.2. The summed E-state index contributed by atoms with van der Waals surface area (Å²) in [5.74, 6) is -0.768. The van der Waals surface area contributed by atoms with Gasteiger partial charge in [-0.3, -0.25) is 9.59 Å². The van der Waals surface area contributed by atoms with Gasteiger partial charge in [-0.15, -0.1) is 0 Å². The SMILES string of the molecule is CCOC(=O)N1CCN(C(=O)C2C3C=CC(C3)C2C(=O)OC)CC1. The Hall–Kier alpha value is -2.05. The molecular weight excluding hydrogens is 312 g/mol. The molecule has 3 rings (SSSR count). The maximum Gasteiger partial charge on any atom is 0.409 e. The minimum atomic E-state index is -0.374. The first-order valence-corrected chi connectivity index (χ1v) is 8.53. The zero-order valence-electron chi connectivity index (χ0n) is 14.1. The Balaban J connectivity index is 1.64. The molecule has 7 heteroatoms. The van der Waals surface area contributed by atoms with Gasteiger partial charge in [0.1, 0.15) is 0 Å². The van der Waals surface area contributed by atoms with E-state index in [1.807, 2.05) is 6.08 Å². The molecule has 24 heavy (non-hydrogen) atoms. The van der Waals surface area contributed by atoms with E-state index in [0.29, 0.717) is 32.8 Å². The molecule has 7 nitrogen and oxygen atoms in total. The molecule has 0 spiro atoms. The van der Waals surface area contributed by atoms with Gasteiger partial charge >= 0.3 is 12.1 Å². The fourth-order valence-corrected chi connectivity index (χ4v) is 4.15. The third-order valence-electron chi connectivity index (χ3n) is 5.34. The average Bonchev–Trinajstić information content (AvgIpc) is 3.22. The molecule has 2 fully saturated rings. The molecule has 2 bridgehead atoms. The predicted molar refractivity (Wildman–Crippen MR) is 84.9 cm³/mol. The van der Waals surface area contributed by atoms with E-state index in [9.17, 15) is 14.4 Å². The summed E-state index contributed by atoms with van der Waals surface area (Å²) < 4.78 is 9.91. The molecule has 2 amide bonds. The number of amides is 2. The van der Waals surface area contributed by atoms with Gasteiger partial charge in [-0.25, -0.2) is 4.79 Å². The van der Waals surface area contributed by atoms with Crippen molar-refractivity contribution in [2.75, 3.05) is 39.9 Å². The second-order valence-electron chi connectivity index (χ2n) is 6.53. The molecular formula is C17H24N2O5. The van der Waals surface area contributed by atoms with E-state index >= 15 is 0 Å². The number of piperazine rings is 1. The van der Waals surface area contributed by atoms with E-state index in [2.05, 4.69) is 6.08 Å². The first kappa shape index (κ1) is 16.8. The van der Waals surface area contributed by atoms with Crippen LogP contribution in [-0.4, -0.2) is 67.7 Å². The van der Waals surface area contributed by atoms with Crippen LogP contribution in [0, 0.1) is 23.7 Å². The first-order chi connectivity index (χ1) is 11.6. The van der Waals surface area contributed by atoms with Crippen molar-refractivity contribution in [2.45, 2.75) is 13.3 Å². The molecule has 0 aromatic carbocycles. The van der Waals surface area contributed by atoms with E-state index in [1.165, 1.54) is 7.11 Å². The van der Waals surface area contributed by atoms with Crippen molar-refractivity contribution in [3.05, 3.63) is 12.2 Å². The molecule has 1 heterocycles. The van der Waals surface area contributed by atoms with Gasteiger partial charge in [0.2, 0.25) is 5.91 Å². The molecule has 1 saturated heterocycles. The summed E-state index contributed by atoms with van der Waals surface area (Å²) in [6.45, 7) is 3.99. The highest BCUT2D eigenvalue weighted by atomic mass is 16.6. The van der Waals surface area contributed by atoms with Crippen molar-refractivity contribution in [1.82, 2.24) is 9.80 Å². The van der Waals surface area contributed by atoms with Gasteiger partial charge < -0.3 is 19.3 Å². The molecule has 4 atom stereocenters. The number of hydrogen-bond donors (Lipinski definition) is 0. The van der Waals surface area contributed by atoms with Crippen LogP contribution in [0.2, 0.25) is 0 Å². The molecule has 4 unspecified atom stereocenters. The van der Waals surface area contributed by atoms with E-state index < -0.39 is 0 Å². The van der Waals surface area contributed by atoms with Crippen molar-refractivity contribution in [3.63, 3.8) is 0 Å². The molecule has 1 aliphatic heterocycles. The van der Waals surface area contributed by atoms with Gasteiger partial charge in [0.25, 0.3) is 0 Å². The van der Waals surface area contributed by atoms with Crippen molar-refractivity contribution >= 4 is 18.0 Å². The van der Waals surface area contributed by atoms with Crippen LogP contribution in [0.5, 0.6) is 0 Å². The summed E-state index contributed by atoms with van der Waals surface area (Å²) in [6.07, 6.45) is 4.61. The number of esters is 1. The smallest absolute Gasteiger partial charge is 0.409 e. The zero-order valence-corrected chi connectivity index (χ0v) is 14.1. The van der Waals surface area contributed by atoms with Gasteiger partial charge in [-0.05, 0) is 25.2 Å². The monoisotopic (exact) mass is 336 g/mol. The molecule has 1 saturated carbocycles. The van der Waals surface area contributed by atoms with Gasteiger partial charge in [-0.2, -0.15) is 0 Å². The maximum atomic E-state index is 13.0. The number of ether oxygens (including phenoxy) is 2. The lowest BCUT2D eigenvalue weighted by molar-refractivity contribution is -0.154. The number of fused-ring (bicyclic) bond motifs is 2. The number of carbonyl (C=O) groups is 3. The van der Waals surface area contributed by atoms with Crippen LogP contribution in [0.25, 0.3) is 0 Å². The molecule has 2 aliphatic carbocycles. The molecule has 132 valence electrons. The third-order valence-corrected chi connectivity index (χ3v) is 5.34. The van der Waals surface area contributed by atoms with Crippen molar-refractivity contribution in [1.29, 1.82) is 0 Å². The van der Waals surface area contributed by atoms with Crippen LogP contribution in [0.15, 0.2) is 12.2 Å². The number of allylic oxidation sites excluding steroid dienone is 2. The minimum absolute atomic E-state index is 0.00533. The standard InChI is InChI=1S/C17H24N2O5/c1-3-24-17(22)19-8-6-18(7-9-19)15(20)13-11-4-5-12(10-11)14(13)16(21)23-2/h4-5,11-14H,3,6-10H2,1-2H3. The summed E-state index contributed by atoms with van der Waals surface area (Å²) in [7, 11) is 1.37. The van der Waals surface area contributed by atoms with Crippen LogP contribution < -0.4 is 0 Å². The van der Waals surface area contributed by atoms with Crippen LogP contribution in [0.4, 0.5) is 4.79 Å². The number of nitrogens with zero attached hydrogens (tertiary/aromatic N) is 2. The highest BCUT2D eigenvalue weighted by Gasteiger charge is 2.53. The Bertz CT molecular complexity index is 553. The van der Waals surface area contributed by atoms with Crippen molar-refractivity contribution in [3.8, 4) is 0 Å². The van der Waals surface area contributed by atoms with E-state index in [1.54, 1.807) is 16.7 Å². The highest BCUT2D eigenvalue weighted by Crippen LogP contribution is 2.49. The molecule has 0 radical (unpaired) electrons. The lowest BCUT2D eigenvalue weighted by Gasteiger charge is -2.37. The Morgan fingerprint density at radius 1 is 1.00 bits per heavy atom. The number of carbonyl (C=O) groups excluding carboxylic acids is 3. The molecule has 0 aromatic rings. The average molecular weight is 336 g/mol. The normalized spacial score (nSPS) is 31.2. The number of methoxy groups -OCH3 is 1. The molecule has 0 aromatic heterocycles. The highest BCUT2D eigenvalue weighted by molar-refractivity contribution is 5.87. The lowest BCUT2D eigenvalue weighted by atomic mass is 9.82. The first-order valence-electron chi connectivity index (χ1n) is 8.53. The second kappa shape index (κ2) is 6.83. The van der Waals surface area contributed by atoms with E-state index in [4.69, 9.17) is 9.47 Å². The summed E-state index contributed by atoms with van der Waals surface area (Å²) in [5.41, 5.74) is 0. The van der Waals surface area contributed by atoms with Gasteiger partial charge in [0.15, 0.2) is 0 Å². The van der Waals surface area contributed by atoms with Crippen molar-refractivity contribution in [2.24, 2.45) is 23.7 Å². The quantitative estimate of drug-likeness (QED) is 0.565. The largest absolute Gasteiger partial charge is 0.469 e. The summed E-state index contributed by atoms with van der Waals surface area (Å²) in [5, 5.41) is 0. The van der Waals surface area contributed by atoms with Crippen molar-refractivity contribution < 1.29 is 23.9 Å².